The fourth-order valence-corrected chi connectivity index (χ4v) is 1.88. The molecule has 1 aliphatic rings. The first-order valence-corrected chi connectivity index (χ1v) is 6.25. The number of hydrogen-bond donors (Lipinski definition) is 2. The number of morpholine rings is 1. The molecule has 1 atom stereocenters. The lowest BCUT2D eigenvalue weighted by molar-refractivity contribution is -0.159. The average Bonchev–Trinajstić information content (AvgIpc) is 2.85. The molecule has 1 saturated heterocycles. The van der Waals surface area contributed by atoms with E-state index in [4.69, 9.17) is 9.84 Å². The Labute approximate surface area is 119 Å². The van der Waals surface area contributed by atoms with Gasteiger partial charge < -0.3 is 20.1 Å². The molecule has 0 radical (unpaired) electrons. The molecular formula is C11H15N5O5. The van der Waals surface area contributed by atoms with E-state index < -0.39 is 12.1 Å². The number of carboxylic acid groups (broad SMARTS) is 1. The minimum Gasteiger partial charge on any atom is -0.479 e. The second-order valence-corrected chi connectivity index (χ2v) is 4.52. The standard InChI is InChI=1S/C11H15N5O5/c1-7(17)12-9-5-16(14-13-9)6-10(18)15-2-3-21-8(4-15)11(19)20/h5,8H,2-4,6H2,1H3,(H,12,17)(H,19,20). The monoisotopic (exact) mass is 297 g/mol. The predicted molar refractivity (Wildman–Crippen MR) is 68.3 cm³/mol. The summed E-state index contributed by atoms with van der Waals surface area (Å²) >= 11 is 0. The van der Waals surface area contributed by atoms with Gasteiger partial charge in [-0.05, 0) is 0 Å². The van der Waals surface area contributed by atoms with Gasteiger partial charge in [0.15, 0.2) is 11.9 Å². The van der Waals surface area contributed by atoms with Crippen molar-refractivity contribution >= 4 is 23.6 Å². The maximum atomic E-state index is 12.1. The lowest BCUT2D eigenvalue weighted by Crippen LogP contribution is -2.49. The molecule has 1 aromatic rings. The zero-order chi connectivity index (χ0) is 15.4. The number of aliphatic carboxylic acids is 1. The maximum Gasteiger partial charge on any atom is 0.334 e. The number of carbonyl (C=O) groups is 3. The van der Waals surface area contributed by atoms with Gasteiger partial charge in [0.1, 0.15) is 6.54 Å². The molecule has 2 N–H and O–H groups in total. The summed E-state index contributed by atoms with van der Waals surface area (Å²) in [5, 5.41) is 18.7. The van der Waals surface area contributed by atoms with Crippen molar-refractivity contribution in [2.75, 3.05) is 25.0 Å². The van der Waals surface area contributed by atoms with E-state index >= 15 is 0 Å². The van der Waals surface area contributed by atoms with Gasteiger partial charge in [0, 0.05) is 13.5 Å². The summed E-state index contributed by atoms with van der Waals surface area (Å²) in [4.78, 5) is 35.2. The fraction of sp³-hybridized carbons (Fsp3) is 0.545. The van der Waals surface area contributed by atoms with Gasteiger partial charge >= 0.3 is 5.97 Å². The molecule has 1 fully saturated rings. The summed E-state index contributed by atoms with van der Waals surface area (Å²) in [6.07, 6.45) is 0.419. The molecule has 0 spiro atoms. The molecular weight excluding hydrogens is 282 g/mol. The van der Waals surface area contributed by atoms with Gasteiger partial charge in [0.2, 0.25) is 11.8 Å². The largest absolute Gasteiger partial charge is 0.479 e. The van der Waals surface area contributed by atoms with Crippen molar-refractivity contribution in [3.63, 3.8) is 0 Å². The Kier molecular flexibility index (Phi) is 4.48. The highest BCUT2D eigenvalue weighted by Gasteiger charge is 2.29. The van der Waals surface area contributed by atoms with Crippen molar-refractivity contribution in [2.24, 2.45) is 0 Å². The van der Waals surface area contributed by atoms with Crippen LogP contribution in [0.4, 0.5) is 5.82 Å². The van der Waals surface area contributed by atoms with E-state index in [0.29, 0.717) is 6.54 Å². The number of carboxylic acids is 1. The number of aromatic nitrogens is 3. The Hall–Kier alpha value is -2.49. The number of amides is 2. The number of ether oxygens (including phenoxy) is 1. The van der Waals surface area contributed by atoms with Gasteiger partial charge in [-0.2, -0.15) is 0 Å². The van der Waals surface area contributed by atoms with Gasteiger partial charge in [-0.1, -0.05) is 5.21 Å². The summed E-state index contributed by atoms with van der Waals surface area (Å²) in [6.45, 7) is 1.76. The molecule has 0 saturated carbocycles. The van der Waals surface area contributed by atoms with Crippen molar-refractivity contribution in [3.05, 3.63) is 6.20 Å². The summed E-state index contributed by atoms with van der Waals surface area (Å²) in [5.74, 6) is -1.42. The molecule has 21 heavy (non-hydrogen) atoms. The predicted octanol–water partition coefficient (Wildman–Crippen LogP) is -1.45. The van der Waals surface area contributed by atoms with Crippen LogP contribution in [0.25, 0.3) is 0 Å². The summed E-state index contributed by atoms with van der Waals surface area (Å²) in [7, 11) is 0. The first kappa shape index (κ1) is 14.9. The highest BCUT2D eigenvalue weighted by Crippen LogP contribution is 2.07. The molecule has 10 heteroatoms. The highest BCUT2D eigenvalue weighted by atomic mass is 16.5. The summed E-state index contributed by atoms with van der Waals surface area (Å²) in [5.41, 5.74) is 0. The Bertz CT molecular complexity index is 557. The molecule has 1 aromatic heterocycles. The van der Waals surface area contributed by atoms with Crippen molar-refractivity contribution in [2.45, 2.75) is 19.6 Å². The maximum absolute atomic E-state index is 12.1. The molecule has 1 unspecified atom stereocenters. The van der Waals surface area contributed by atoms with Crippen LogP contribution < -0.4 is 5.32 Å². The summed E-state index contributed by atoms with van der Waals surface area (Å²) in [6, 6.07) is 0. The minimum absolute atomic E-state index is 0.00141. The normalized spacial score (nSPS) is 18.3. The zero-order valence-electron chi connectivity index (χ0n) is 11.4. The Morgan fingerprint density at radius 1 is 1.52 bits per heavy atom. The fourth-order valence-electron chi connectivity index (χ4n) is 1.88. The zero-order valence-corrected chi connectivity index (χ0v) is 11.4. The number of carbonyl (C=O) groups excluding carboxylic acids is 2. The number of anilines is 1. The number of nitrogens with one attached hydrogen (secondary N) is 1. The third-order valence-corrected chi connectivity index (χ3v) is 2.83. The van der Waals surface area contributed by atoms with Gasteiger partial charge in [-0.15, -0.1) is 5.10 Å². The lowest BCUT2D eigenvalue weighted by Gasteiger charge is -2.30. The van der Waals surface area contributed by atoms with Crippen molar-refractivity contribution in [1.29, 1.82) is 0 Å². The Morgan fingerprint density at radius 2 is 2.29 bits per heavy atom. The molecule has 114 valence electrons. The van der Waals surface area contributed by atoms with Crippen LogP contribution in [0.3, 0.4) is 0 Å². The first-order chi connectivity index (χ1) is 9.95. The van der Waals surface area contributed by atoms with E-state index in [2.05, 4.69) is 15.6 Å². The quantitative estimate of drug-likeness (QED) is 0.696. The topological polar surface area (TPSA) is 127 Å². The van der Waals surface area contributed by atoms with Crippen LogP contribution in [-0.2, 0) is 25.7 Å². The molecule has 2 amide bonds. The lowest BCUT2D eigenvalue weighted by atomic mass is 10.2. The van der Waals surface area contributed by atoms with E-state index in [1.807, 2.05) is 0 Å². The first-order valence-electron chi connectivity index (χ1n) is 6.25. The third-order valence-electron chi connectivity index (χ3n) is 2.83. The average molecular weight is 297 g/mol. The second-order valence-electron chi connectivity index (χ2n) is 4.52. The van der Waals surface area contributed by atoms with Gasteiger partial charge in [0.25, 0.3) is 0 Å². The van der Waals surface area contributed by atoms with E-state index in [9.17, 15) is 14.4 Å². The highest BCUT2D eigenvalue weighted by molar-refractivity contribution is 5.87. The van der Waals surface area contributed by atoms with Crippen molar-refractivity contribution in [3.8, 4) is 0 Å². The van der Waals surface area contributed by atoms with E-state index in [-0.39, 0.29) is 37.3 Å². The smallest absolute Gasteiger partial charge is 0.334 e. The molecule has 0 aliphatic carbocycles. The van der Waals surface area contributed by atoms with Crippen molar-refractivity contribution < 1.29 is 24.2 Å². The molecule has 2 rings (SSSR count). The Morgan fingerprint density at radius 3 is 2.95 bits per heavy atom. The van der Waals surface area contributed by atoms with Crippen molar-refractivity contribution in [1.82, 2.24) is 19.9 Å². The molecule has 10 nitrogen and oxygen atoms in total. The molecule has 0 bridgehead atoms. The minimum atomic E-state index is -1.10. The molecule has 2 heterocycles. The van der Waals surface area contributed by atoms with Crippen LogP contribution in [0.2, 0.25) is 0 Å². The van der Waals surface area contributed by atoms with Gasteiger partial charge in [-0.3, -0.25) is 9.59 Å². The van der Waals surface area contributed by atoms with Crippen LogP contribution >= 0.6 is 0 Å². The van der Waals surface area contributed by atoms with Gasteiger partial charge in [0.05, 0.1) is 19.3 Å². The molecule has 0 aromatic carbocycles. The third kappa shape index (κ3) is 3.99. The number of nitrogens with zero attached hydrogens (tertiary/aromatic N) is 4. The SMILES string of the molecule is CC(=O)Nc1cn(CC(=O)N2CCOC(C(=O)O)C2)nn1. The van der Waals surface area contributed by atoms with Gasteiger partial charge in [-0.25, -0.2) is 9.48 Å². The second kappa shape index (κ2) is 6.31. The van der Waals surface area contributed by atoms with E-state index in [0.717, 1.165) is 0 Å². The van der Waals surface area contributed by atoms with Crippen LogP contribution in [0.15, 0.2) is 6.20 Å². The number of hydrogen-bond acceptors (Lipinski definition) is 6. The van der Waals surface area contributed by atoms with Crippen LogP contribution in [-0.4, -0.2) is 68.6 Å². The number of rotatable bonds is 4. The van der Waals surface area contributed by atoms with E-state index in [1.54, 1.807) is 0 Å². The van der Waals surface area contributed by atoms with Crippen LogP contribution in [0.1, 0.15) is 6.92 Å². The van der Waals surface area contributed by atoms with Crippen LogP contribution in [0.5, 0.6) is 0 Å². The Balaban J connectivity index is 1.93. The van der Waals surface area contributed by atoms with Crippen LogP contribution in [0, 0.1) is 0 Å². The molecule has 1 aliphatic heterocycles. The van der Waals surface area contributed by atoms with E-state index in [1.165, 1.54) is 22.7 Å². The summed E-state index contributed by atoms with van der Waals surface area (Å²) < 4.78 is 6.32.